The van der Waals surface area contributed by atoms with Crippen molar-refractivity contribution in [2.75, 3.05) is 5.75 Å². The maximum absolute atomic E-state index is 10.3. The Morgan fingerprint density at radius 1 is 1.29 bits per heavy atom. The Balaban J connectivity index is 0. The number of hydrogen-bond acceptors (Lipinski definition) is 4. The Kier molecular flexibility index (Phi) is 8.79. The van der Waals surface area contributed by atoms with Gasteiger partial charge in [0.2, 0.25) is 5.91 Å². The lowest BCUT2D eigenvalue weighted by Crippen LogP contribution is -2.40. The van der Waals surface area contributed by atoms with Crippen molar-refractivity contribution in [3.8, 4) is 0 Å². The highest BCUT2D eigenvalue weighted by Gasteiger charge is 2.15. The van der Waals surface area contributed by atoms with E-state index in [-0.39, 0.29) is 11.7 Å². The standard InChI is InChI=1S/C5H9NO3S.CH2O3/c1-3(7)6-4(2-10)5(8)9;2-1(3)4/h4,10H,2H2,1H3,(H,6,7)(H,8,9);(H2,2,3,4). The fourth-order valence-electron chi connectivity index (χ4n) is 0.431. The first-order valence-electron chi connectivity index (χ1n) is 3.34. The fourth-order valence-corrected chi connectivity index (χ4v) is 0.678. The summed E-state index contributed by atoms with van der Waals surface area (Å²) < 4.78 is 0. The molecule has 0 aliphatic heterocycles. The molecular weight excluding hydrogens is 214 g/mol. The monoisotopic (exact) mass is 225 g/mol. The molecule has 1 unspecified atom stereocenters. The molecule has 0 aromatic rings. The molecule has 7 nitrogen and oxygen atoms in total. The molecule has 14 heavy (non-hydrogen) atoms. The summed E-state index contributed by atoms with van der Waals surface area (Å²) in [4.78, 5) is 29.1. The van der Waals surface area contributed by atoms with E-state index in [0.29, 0.717) is 0 Å². The molecule has 8 heteroatoms. The van der Waals surface area contributed by atoms with Gasteiger partial charge in [-0.2, -0.15) is 12.6 Å². The van der Waals surface area contributed by atoms with E-state index in [9.17, 15) is 9.59 Å². The number of thiol groups is 1. The third-order valence-electron chi connectivity index (χ3n) is 0.858. The number of carboxylic acid groups (broad SMARTS) is 3. The molecule has 0 saturated carbocycles. The first-order valence-corrected chi connectivity index (χ1v) is 3.97. The van der Waals surface area contributed by atoms with E-state index in [0.717, 1.165) is 0 Å². The average Bonchev–Trinajstić information content (AvgIpc) is 1.98. The van der Waals surface area contributed by atoms with Crippen molar-refractivity contribution in [3.63, 3.8) is 0 Å². The van der Waals surface area contributed by atoms with Crippen LogP contribution in [-0.2, 0) is 9.59 Å². The summed E-state index contributed by atoms with van der Waals surface area (Å²) in [5.41, 5.74) is 0. The highest BCUT2D eigenvalue weighted by molar-refractivity contribution is 7.80. The predicted octanol–water partition coefficient (Wildman–Crippen LogP) is -0.272. The zero-order valence-electron chi connectivity index (χ0n) is 7.30. The van der Waals surface area contributed by atoms with Crippen LogP contribution in [0, 0.1) is 0 Å². The highest BCUT2D eigenvalue weighted by atomic mass is 32.1. The molecule has 0 heterocycles. The second-order valence-electron chi connectivity index (χ2n) is 2.06. The van der Waals surface area contributed by atoms with E-state index in [4.69, 9.17) is 20.1 Å². The van der Waals surface area contributed by atoms with Gasteiger partial charge in [-0.15, -0.1) is 0 Å². The molecule has 1 atom stereocenters. The van der Waals surface area contributed by atoms with E-state index >= 15 is 0 Å². The minimum absolute atomic E-state index is 0.106. The van der Waals surface area contributed by atoms with Crippen LogP contribution in [0.15, 0.2) is 0 Å². The van der Waals surface area contributed by atoms with Crippen LogP contribution in [-0.4, -0.2) is 45.1 Å². The van der Waals surface area contributed by atoms with Crippen molar-refractivity contribution in [2.45, 2.75) is 13.0 Å². The normalized spacial score (nSPS) is 10.4. The third-order valence-corrected chi connectivity index (χ3v) is 1.22. The molecule has 0 fully saturated rings. The van der Waals surface area contributed by atoms with Gasteiger partial charge < -0.3 is 20.6 Å². The summed E-state index contributed by atoms with van der Waals surface area (Å²) in [7, 11) is 0. The van der Waals surface area contributed by atoms with Gasteiger partial charge in [-0.25, -0.2) is 9.59 Å². The zero-order valence-corrected chi connectivity index (χ0v) is 8.19. The molecule has 0 aliphatic rings. The van der Waals surface area contributed by atoms with Crippen LogP contribution in [0.2, 0.25) is 0 Å². The van der Waals surface area contributed by atoms with Gasteiger partial charge in [-0.1, -0.05) is 0 Å². The van der Waals surface area contributed by atoms with Crippen LogP contribution in [0.3, 0.4) is 0 Å². The largest absolute Gasteiger partial charge is 0.503 e. The van der Waals surface area contributed by atoms with Crippen LogP contribution < -0.4 is 5.32 Å². The molecule has 1 amide bonds. The number of carbonyl (C=O) groups excluding carboxylic acids is 1. The molecule has 0 bridgehead atoms. The Morgan fingerprint density at radius 3 is 1.71 bits per heavy atom. The number of carbonyl (C=O) groups is 3. The lowest BCUT2D eigenvalue weighted by Gasteiger charge is -2.08. The van der Waals surface area contributed by atoms with Gasteiger partial charge in [0.15, 0.2) is 0 Å². The van der Waals surface area contributed by atoms with Crippen LogP contribution >= 0.6 is 12.6 Å². The lowest BCUT2D eigenvalue weighted by atomic mass is 10.3. The number of nitrogens with one attached hydrogen (secondary N) is 1. The molecule has 0 rings (SSSR count). The number of hydrogen-bond donors (Lipinski definition) is 5. The first-order chi connectivity index (χ1) is 6.31. The average molecular weight is 225 g/mol. The minimum atomic E-state index is -1.83. The lowest BCUT2D eigenvalue weighted by molar-refractivity contribution is -0.140. The topological polar surface area (TPSA) is 124 Å². The first kappa shape index (κ1) is 15.1. The van der Waals surface area contributed by atoms with Crippen molar-refractivity contribution in [1.82, 2.24) is 5.32 Å². The van der Waals surface area contributed by atoms with Crippen LogP contribution in [0.4, 0.5) is 4.79 Å². The van der Waals surface area contributed by atoms with Gasteiger partial charge in [0, 0.05) is 12.7 Å². The van der Waals surface area contributed by atoms with E-state index in [1.54, 1.807) is 0 Å². The number of amides is 1. The quantitative estimate of drug-likeness (QED) is 0.421. The molecular formula is C6H11NO6S. The summed E-state index contributed by atoms with van der Waals surface area (Å²) in [6.07, 6.45) is -1.83. The fraction of sp³-hybridized carbons (Fsp3) is 0.500. The minimum Gasteiger partial charge on any atom is -0.480 e. The smallest absolute Gasteiger partial charge is 0.480 e. The van der Waals surface area contributed by atoms with Gasteiger partial charge in [-0.3, -0.25) is 4.79 Å². The van der Waals surface area contributed by atoms with Crippen molar-refractivity contribution in [1.29, 1.82) is 0 Å². The van der Waals surface area contributed by atoms with E-state index in [2.05, 4.69) is 17.9 Å². The number of rotatable bonds is 3. The summed E-state index contributed by atoms with van der Waals surface area (Å²) in [6.45, 7) is 1.26. The van der Waals surface area contributed by atoms with Gasteiger partial charge in [0.05, 0.1) is 0 Å². The Hall–Kier alpha value is -1.44. The summed E-state index contributed by atoms with van der Waals surface area (Å²) in [5, 5.41) is 24.5. The van der Waals surface area contributed by atoms with Crippen LogP contribution in [0.5, 0.6) is 0 Å². The highest BCUT2D eigenvalue weighted by Crippen LogP contribution is 1.86. The van der Waals surface area contributed by atoms with Gasteiger partial charge in [0.1, 0.15) is 6.04 Å². The molecule has 0 aromatic carbocycles. The maximum atomic E-state index is 10.3. The maximum Gasteiger partial charge on any atom is 0.503 e. The molecule has 4 N–H and O–H groups in total. The summed E-state index contributed by atoms with van der Waals surface area (Å²) >= 11 is 3.73. The van der Waals surface area contributed by atoms with Crippen molar-refractivity contribution in [3.05, 3.63) is 0 Å². The van der Waals surface area contributed by atoms with Gasteiger partial charge in [0.25, 0.3) is 0 Å². The second-order valence-corrected chi connectivity index (χ2v) is 2.42. The van der Waals surface area contributed by atoms with Crippen LogP contribution in [0.1, 0.15) is 6.92 Å². The van der Waals surface area contributed by atoms with Crippen molar-refractivity contribution >= 4 is 30.7 Å². The molecule has 0 radical (unpaired) electrons. The second kappa shape index (κ2) is 8.17. The van der Waals surface area contributed by atoms with E-state index in [1.165, 1.54) is 6.92 Å². The molecule has 0 saturated heterocycles. The summed E-state index contributed by atoms with van der Waals surface area (Å²) in [5.74, 6) is -1.32. The molecule has 0 aromatic heterocycles. The van der Waals surface area contributed by atoms with E-state index < -0.39 is 18.2 Å². The van der Waals surface area contributed by atoms with E-state index in [1.807, 2.05) is 0 Å². The Labute approximate surface area is 85.1 Å². The molecule has 0 aliphatic carbocycles. The third kappa shape index (κ3) is 13.2. The van der Waals surface area contributed by atoms with Crippen molar-refractivity contribution < 1.29 is 29.7 Å². The predicted molar refractivity (Wildman–Crippen MR) is 49.7 cm³/mol. The number of carboxylic acids is 1. The van der Waals surface area contributed by atoms with Crippen LogP contribution in [0.25, 0.3) is 0 Å². The van der Waals surface area contributed by atoms with Gasteiger partial charge in [-0.05, 0) is 0 Å². The molecule has 0 spiro atoms. The summed E-state index contributed by atoms with van der Waals surface area (Å²) in [6, 6.07) is -0.874. The van der Waals surface area contributed by atoms with Crippen molar-refractivity contribution in [2.24, 2.45) is 0 Å². The molecule has 82 valence electrons. The number of aliphatic carboxylic acids is 1. The Bertz CT molecular complexity index is 214. The van der Waals surface area contributed by atoms with Gasteiger partial charge >= 0.3 is 12.1 Å². The Morgan fingerprint density at radius 2 is 1.64 bits per heavy atom. The SMILES string of the molecule is CC(=O)NC(CS)C(=O)O.O=C(O)O. The zero-order chi connectivity index (χ0) is 11.7.